The molecule has 0 saturated heterocycles. The number of rotatable bonds is 5. The van der Waals surface area contributed by atoms with Crippen molar-refractivity contribution in [2.24, 2.45) is 0 Å². The number of ether oxygens (including phenoxy) is 1. The molecule has 1 aliphatic carbocycles. The first kappa shape index (κ1) is 22.8. The van der Waals surface area contributed by atoms with Crippen molar-refractivity contribution >= 4 is 28.5 Å². The molecule has 0 spiro atoms. The van der Waals surface area contributed by atoms with E-state index in [1.165, 1.54) is 5.56 Å². The summed E-state index contributed by atoms with van der Waals surface area (Å²) in [5.74, 6) is -0.532. The highest BCUT2D eigenvalue weighted by atomic mass is 16.5. The van der Waals surface area contributed by atoms with Crippen LogP contribution in [0.3, 0.4) is 0 Å². The Morgan fingerprint density at radius 1 is 1.00 bits per heavy atom. The summed E-state index contributed by atoms with van der Waals surface area (Å²) in [6.07, 6.45) is 2.50. The molecule has 1 heterocycles. The van der Waals surface area contributed by atoms with E-state index >= 15 is 0 Å². The van der Waals surface area contributed by atoms with E-state index in [0.717, 1.165) is 52.5 Å². The summed E-state index contributed by atoms with van der Waals surface area (Å²) in [4.78, 5) is 30.9. The van der Waals surface area contributed by atoms with E-state index in [1.54, 1.807) is 0 Å². The fraction of sp³-hybridized carbons (Fsp3) is 0.233. The van der Waals surface area contributed by atoms with Crippen LogP contribution in [0.4, 0.5) is 5.69 Å². The van der Waals surface area contributed by atoms with E-state index in [0.29, 0.717) is 17.2 Å². The van der Waals surface area contributed by atoms with Crippen molar-refractivity contribution in [1.29, 1.82) is 0 Å². The maximum absolute atomic E-state index is 13.4. The van der Waals surface area contributed by atoms with Crippen molar-refractivity contribution in [2.75, 3.05) is 11.9 Å². The van der Waals surface area contributed by atoms with Crippen LogP contribution < -0.4 is 5.32 Å². The normalized spacial score (nSPS) is 14.9. The number of fused-ring (bicyclic) bond motifs is 2. The molecule has 0 bridgehead atoms. The van der Waals surface area contributed by atoms with E-state index in [-0.39, 0.29) is 12.5 Å². The first-order chi connectivity index (χ1) is 17.0. The molecule has 35 heavy (non-hydrogen) atoms. The number of carbonyl (C=O) groups excluding carboxylic acids is 2. The minimum atomic E-state index is -0.482. The van der Waals surface area contributed by atoms with Crippen molar-refractivity contribution in [2.45, 2.75) is 39.0 Å². The van der Waals surface area contributed by atoms with Crippen molar-refractivity contribution in [1.82, 2.24) is 4.98 Å². The summed E-state index contributed by atoms with van der Waals surface area (Å²) in [6, 6.07) is 23.8. The van der Waals surface area contributed by atoms with Gasteiger partial charge in [-0.05, 0) is 67.9 Å². The fourth-order valence-electron chi connectivity index (χ4n) is 4.97. The van der Waals surface area contributed by atoms with Gasteiger partial charge in [0.2, 0.25) is 0 Å². The van der Waals surface area contributed by atoms with Crippen LogP contribution >= 0.6 is 0 Å². The predicted molar refractivity (Wildman–Crippen MR) is 138 cm³/mol. The molecule has 1 aromatic heterocycles. The zero-order valence-electron chi connectivity index (χ0n) is 20.0. The highest BCUT2D eigenvalue weighted by molar-refractivity contribution is 6.06. The van der Waals surface area contributed by atoms with Crippen LogP contribution in [-0.4, -0.2) is 23.5 Å². The van der Waals surface area contributed by atoms with Crippen LogP contribution in [0, 0.1) is 13.8 Å². The third-order valence-corrected chi connectivity index (χ3v) is 6.72. The van der Waals surface area contributed by atoms with Gasteiger partial charge in [0.15, 0.2) is 6.61 Å². The van der Waals surface area contributed by atoms with E-state index in [2.05, 4.69) is 17.4 Å². The molecule has 0 aliphatic heterocycles. The van der Waals surface area contributed by atoms with Crippen LogP contribution in [0.2, 0.25) is 0 Å². The molecule has 1 atom stereocenters. The number of anilines is 1. The van der Waals surface area contributed by atoms with Gasteiger partial charge in [0.05, 0.1) is 11.1 Å². The van der Waals surface area contributed by atoms with Gasteiger partial charge in [-0.25, -0.2) is 4.79 Å². The van der Waals surface area contributed by atoms with Crippen molar-refractivity contribution in [3.8, 4) is 0 Å². The second-order valence-corrected chi connectivity index (χ2v) is 9.22. The molecule has 176 valence electrons. The monoisotopic (exact) mass is 464 g/mol. The average Bonchev–Trinajstić information content (AvgIpc) is 2.87. The number of pyridine rings is 1. The van der Waals surface area contributed by atoms with Gasteiger partial charge in [0.1, 0.15) is 0 Å². The topological polar surface area (TPSA) is 68.3 Å². The standard InChI is InChI=1S/C30H28N2O3/c1-19-12-14-25(20(2)16-19)32-28(33)18-35-30(34)29-23-10-6-7-11-26(23)31-27-15-13-22(17-24(27)29)21-8-4-3-5-9-21/h3-12,14,16,22H,13,15,17-18H2,1-2H3,(H,32,33). The molecular weight excluding hydrogens is 436 g/mol. The molecular formula is C30H28N2O3. The Labute approximate surface area is 205 Å². The SMILES string of the molecule is Cc1ccc(NC(=O)COC(=O)c2c3c(nc4ccccc24)CCC(c2ccccc2)C3)c(C)c1. The number of benzene rings is 3. The van der Waals surface area contributed by atoms with Crippen LogP contribution in [0.25, 0.3) is 10.9 Å². The van der Waals surface area contributed by atoms with E-state index in [9.17, 15) is 9.59 Å². The van der Waals surface area contributed by atoms with E-state index in [4.69, 9.17) is 9.72 Å². The van der Waals surface area contributed by atoms with Crippen LogP contribution in [0.5, 0.6) is 0 Å². The Bertz CT molecular complexity index is 1410. The smallest absolute Gasteiger partial charge is 0.339 e. The molecule has 1 amide bonds. The van der Waals surface area contributed by atoms with E-state index in [1.807, 2.05) is 74.5 Å². The highest BCUT2D eigenvalue weighted by Gasteiger charge is 2.28. The number of aromatic nitrogens is 1. The van der Waals surface area contributed by atoms with Crippen molar-refractivity contribution in [3.63, 3.8) is 0 Å². The van der Waals surface area contributed by atoms with Gasteiger partial charge in [0.25, 0.3) is 5.91 Å². The number of amides is 1. The number of hydrogen-bond donors (Lipinski definition) is 1. The molecule has 3 aromatic carbocycles. The molecule has 5 rings (SSSR count). The van der Waals surface area contributed by atoms with Crippen molar-refractivity contribution < 1.29 is 14.3 Å². The molecule has 0 fully saturated rings. The molecule has 1 aliphatic rings. The Morgan fingerprint density at radius 3 is 2.57 bits per heavy atom. The van der Waals surface area contributed by atoms with E-state index < -0.39 is 5.97 Å². The average molecular weight is 465 g/mol. The lowest BCUT2D eigenvalue weighted by atomic mass is 9.80. The summed E-state index contributed by atoms with van der Waals surface area (Å²) >= 11 is 0. The largest absolute Gasteiger partial charge is 0.452 e. The Hall–Kier alpha value is -3.99. The second-order valence-electron chi connectivity index (χ2n) is 9.22. The van der Waals surface area contributed by atoms with Crippen LogP contribution in [0.1, 0.15) is 50.6 Å². The molecule has 1 unspecified atom stereocenters. The molecule has 5 nitrogen and oxygen atoms in total. The summed E-state index contributed by atoms with van der Waals surface area (Å²) in [5, 5.41) is 3.61. The van der Waals surface area contributed by atoms with Gasteiger partial charge in [-0.3, -0.25) is 9.78 Å². The minimum Gasteiger partial charge on any atom is -0.452 e. The molecule has 1 N–H and O–H groups in total. The lowest BCUT2D eigenvalue weighted by Gasteiger charge is -2.27. The van der Waals surface area contributed by atoms with Gasteiger partial charge < -0.3 is 10.1 Å². The minimum absolute atomic E-state index is 0.311. The molecule has 0 saturated carbocycles. The van der Waals surface area contributed by atoms with Gasteiger partial charge in [0, 0.05) is 16.8 Å². The first-order valence-corrected chi connectivity index (χ1v) is 12.0. The maximum atomic E-state index is 13.4. The van der Waals surface area contributed by atoms with Gasteiger partial charge in [-0.1, -0.05) is 66.2 Å². The summed E-state index contributed by atoms with van der Waals surface area (Å²) in [5.41, 5.74) is 7.25. The molecule has 0 radical (unpaired) electrons. The summed E-state index contributed by atoms with van der Waals surface area (Å²) in [6.45, 7) is 3.59. The third-order valence-electron chi connectivity index (χ3n) is 6.72. The summed E-state index contributed by atoms with van der Waals surface area (Å²) in [7, 11) is 0. The number of nitrogens with one attached hydrogen (secondary N) is 1. The lowest BCUT2D eigenvalue weighted by molar-refractivity contribution is -0.119. The number of esters is 1. The predicted octanol–water partition coefficient (Wildman–Crippen LogP) is 5.92. The number of nitrogens with zero attached hydrogens (tertiary/aromatic N) is 1. The Kier molecular flexibility index (Phi) is 6.32. The Balaban J connectivity index is 1.41. The second kappa shape index (κ2) is 9.71. The summed E-state index contributed by atoms with van der Waals surface area (Å²) < 4.78 is 5.56. The maximum Gasteiger partial charge on any atom is 0.339 e. The van der Waals surface area contributed by atoms with Gasteiger partial charge in [-0.15, -0.1) is 0 Å². The van der Waals surface area contributed by atoms with Gasteiger partial charge >= 0.3 is 5.97 Å². The quantitative estimate of drug-likeness (QED) is 0.372. The number of para-hydroxylation sites is 1. The highest BCUT2D eigenvalue weighted by Crippen LogP contribution is 2.36. The number of hydrogen-bond acceptors (Lipinski definition) is 4. The first-order valence-electron chi connectivity index (χ1n) is 12.0. The van der Waals surface area contributed by atoms with Crippen molar-refractivity contribution in [3.05, 3.63) is 106 Å². The van der Waals surface area contributed by atoms with Crippen LogP contribution in [-0.2, 0) is 22.4 Å². The molecule has 4 aromatic rings. The fourth-order valence-corrected chi connectivity index (χ4v) is 4.97. The molecule has 5 heteroatoms. The third kappa shape index (κ3) is 4.80. The number of carbonyl (C=O) groups is 2. The van der Waals surface area contributed by atoms with Gasteiger partial charge in [-0.2, -0.15) is 0 Å². The zero-order valence-corrected chi connectivity index (χ0v) is 20.0. The zero-order chi connectivity index (χ0) is 24.4. The Morgan fingerprint density at radius 2 is 1.77 bits per heavy atom. The lowest BCUT2D eigenvalue weighted by Crippen LogP contribution is -2.24. The number of aryl methyl sites for hydroxylation is 3. The van der Waals surface area contributed by atoms with Crippen LogP contribution in [0.15, 0.2) is 72.8 Å².